The summed E-state index contributed by atoms with van der Waals surface area (Å²) in [5, 5.41) is 5.44. The molecular weight excluding hydrogens is 366 g/mol. The molecule has 3 aliphatic rings. The van der Waals surface area contributed by atoms with Crippen molar-refractivity contribution < 1.29 is 13.6 Å². The summed E-state index contributed by atoms with van der Waals surface area (Å²) < 4.78 is 30.1. The zero-order valence-corrected chi connectivity index (χ0v) is 15.9. The van der Waals surface area contributed by atoms with Crippen LogP contribution in [0.2, 0.25) is 0 Å². The highest BCUT2D eigenvalue weighted by Gasteiger charge is 2.67. The molecule has 150 valence electrons. The molecule has 0 aromatic heterocycles. The van der Waals surface area contributed by atoms with Gasteiger partial charge >= 0.3 is 0 Å². The largest absolute Gasteiger partial charge is 0.286 e. The van der Waals surface area contributed by atoms with E-state index in [1.807, 2.05) is 12.1 Å². The lowest BCUT2D eigenvalue weighted by molar-refractivity contribution is -0.133. The van der Waals surface area contributed by atoms with Crippen molar-refractivity contribution in [2.75, 3.05) is 0 Å². The highest BCUT2D eigenvalue weighted by Crippen LogP contribution is 2.68. The quantitative estimate of drug-likeness (QED) is 0.603. The predicted octanol–water partition coefficient (Wildman–Crippen LogP) is 5.88. The SMILES string of the molecule is CC12CCC3c4ccc(N=O)cc4CCC3C1C(CCC(=O)N=O)CC2(F)F. The molecule has 0 bridgehead atoms. The van der Waals surface area contributed by atoms with E-state index >= 15 is 8.78 Å². The molecule has 5 nitrogen and oxygen atoms in total. The molecule has 7 heteroatoms. The van der Waals surface area contributed by atoms with E-state index in [0.717, 1.165) is 24.0 Å². The van der Waals surface area contributed by atoms with Crippen molar-refractivity contribution in [3.05, 3.63) is 39.1 Å². The smallest absolute Gasteiger partial charge is 0.269 e. The Bertz CT molecular complexity index is 828. The minimum Gasteiger partial charge on any atom is -0.269 e. The minimum absolute atomic E-state index is 0.0564. The maximum absolute atomic E-state index is 15.1. The van der Waals surface area contributed by atoms with Gasteiger partial charge in [0.25, 0.3) is 11.8 Å². The van der Waals surface area contributed by atoms with E-state index < -0.39 is 17.2 Å². The molecule has 5 atom stereocenters. The van der Waals surface area contributed by atoms with Gasteiger partial charge in [-0.1, -0.05) is 13.0 Å². The number of nitroso groups, excluding NO2 is 2. The molecule has 4 rings (SSSR count). The highest BCUT2D eigenvalue weighted by molar-refractivity contribution is 5.76. The molecule has 0 spiro atoms. The Morgan fingerprint density at radius 2 is 2.04 bits per heavy atom. The van der Waals surface area contributed by atoms with Gasteiger partial charge in [-0.25, -0.2) is 8.78 Å². The molecule has 5 unspecified atom stereocenters. The summed E-state index contributed by atoms with van der Waals surface area (Å²) in [5.74, 6) is -3.67. The van der Waals surface area contributed by atoms with Gasteiger partial charge in [0.1, 0.15) is 5.69 Å². The van der Waals surface area contributed by atoms with Crippen LogP contribution in [0.5, 0.6) is 0 Å². The second-order valence-electron chi connectivity index (χ2n) is 8.96. The van der Waals surface area contributed by atoms with Crippen molar-refractivity contribution in [2.45, 2.75) is 63.7 Å². The first-order valence-electron chi connectivity index (χ1n) is 10.0. The lowest BCUT2D eigenvalue weighted by Gasteiger charge is -2.51. The number of rotatable bonds is 4. The molecule has 0 aliphatic heterocycles. The first-order valence-corrected chi connectivity index (χ1v) is 10.0. The summed E-state index contributed by atoms with van der Waals surface area (Å²) in [6.45, 7) is 1.71. The number of nitrogens with zero attached hydrogens (tertiary/aromatic N) is 2. The Balaban J connectivity index is 1.67. The topological polar surface area (TPSA) is 75.9 Å². The molecule has 1 aromatic carbocycles. The Kier molecular flexibility index (Phi) is 4.67. The number of hydrogen-bond acceptors (Lipinski definition) is 4. The van der Waals surface area contributed by atoms with Crippen LogP contribution in [0.25, 0.3) is 0 Å². The number of carbonyl (C=O) groups excluding carboxylic acids is 1. The van der Waals surface area contributed by atoms with E-state index in [4.69, 9.17) is 0 Å². The van der Waals surface area contributed by atoms with Gasteiger partial charge in [0.05, 0.1) is 0 Å². The summed E-state index contributed by atoms with van der Waals surface area (Å²) in [4.78, 5) is 32.6. The normalized spacial score (nSPS) is 35.4. The number of benzene rings is 1. The average Bonchev–Trinajstić information content (AvgIpc) is 2.90. The third kappa shape index (κ3) is 2.81. The fourth-order valence-electron chi connectivity index (χ4n) is 6.50. The number of carbonyl (C=O) groups is 1. The number of alkyl halides is 2. The van der Waals surface area contributed by atoms with Gasteiger partial charge in [0.2, 0.25) is 0 Å². The first kappa shape index (κ1) is 19.3. The van der Waals surface area contributed by atoms with Gasteiger partial charge in [-0.05, 0) is 84.2 Å². The van der Waals surface area contributed by atoms with Crippen LogP contribution in [0.3, 0.4) is 0 Å². The Labute approximate surface area is 162 Å². The summed E-state index contributed by atoms with van der Waals surface area (Å²) in [6, 6.07) is 5.46. The van der Waals surface area contributed by atoms with Gasteiger partial charge in [0, 0.05) is 23.4 Å². The molecule has 0 radical (unpaired) electrons. The molecule has 1 aromatic rings. The Morgan fingerprint density at radius 3 is 2.75 bits per heavy atom. The fraction of sp³-hybridized carbons (Fsp3) is 0.667. The Morgan fingerprint density at radius 1 is 1.25 bits per heavy atom. The molecule has 28 heavy (non-hydrogen) atoms. The van der Waals surface area contributed by atoms with E-state index in [9.17, 15) is 14.6 Å². The summed E-state index contributed by atoms with van der Waals surface area (Å²) in [6.07, 6.45) is 2.71. The van der Waals surface area contributed by atoms with Crippen molar-refractivity contribution in [2.24, 2.45) is 33.5 Å². The molecule has 3 aliphatic carbocycles. The summed E-state index contributed by atoms with van der Waals surface area (Å²) in [7, 11) is 0. The van der Waals surface area contributed by atoms with Crippen molar-refractivity contribution in [3.8, 4) is 0 Å². The zero-order chi connectivity index (χ0) is 20.1. The van der Waals surface area contributed by atoms with Crippen LogP contribution in [-0.4, -0.2) is 11.8 Å². The van der Waals surface area contributed by atoms with E-state index in [0.29, 0.717) is 24.9 Å². The second-order valence-corrected chi connectivity index (χ2v) is 8.96. The van der Waals surface area contributed by atoms with Crippen LogP contribution in [0, 0.1) is 33.0 Å². The molecular formula is C21H24F2N2O3. The van der Waals surface area contributed by atoms with E-state index in [1.54, 1.807) is 13.0 Å². The lowest BCUT2D eigenvalue weighted by Crippen LogP contribution is -2.47. The number of halogens is 2. The van der Waals surface area contributed by atoms with Crippen LogP contribution < -0.4 is 0 Å². The maximum Gasteiger partial charge on any atom is 0.286 e. The zero-order valence-electron chi connectivity index (χ0n) is 15.9. The fourth-order valence-corrected chi connectivity index (χ4v) is 6.50. The third-order valence-electron chi connectivity index (χ3n) is 7.76. The van der Waals surface area contributed by atoms with Gasteiger partial charge in [0.15, 0.2) is 0 Å². The molecule has 0 heterocycles. The summed E-state index contributed by atoms with van der Waals surface area (Å²) in [5.41, 5.74) is 1.59. The van der Waals surface area contributed by atoms with Crippen LogP contribution in [0.4, 0.5) is 14.5 Å². The van der Waals surface area contributed by atoms with Crippen molar-refractivity contribution in [1.82, 2.24) is 0 Å². The van der Waals surface area contributed by atoms with Gasteiger partial charge in [-0.15, -0.1) is 9.81 Å². The third-order valence-corrected chi connectivity index (χ3v) is 7.76. The molecule has 0 saturated heterocycles. The van der Waals surface area contributed by atoms with E-state index in [2.05, 4.69) is 10.4 Å². The average molecular weight is 390 g/mol. The van der Waals surface area contributed by atoms with E-state index in [-0.39, 0.29) is 36.5 Å². The standard InChI is InChI=1S/C21H24F2N2O3/c1-20-9-8-16-15-6-4-14(24-27)10-12(15)2-5-17(16)19(20)13(11-21(20,22)23)3-7-18(26)25-28/h4,6,10,13,16-17,19H,2-3,5,7-9,11H2,1H3. The highest BCUT2D eigenvalue weighted by atomic mass is 19.3. The van der Waals surface area contributed by atoms with Crippen LogP contribution in [0.1, 0.15) is 62.5 Å². The minimum atomic E-state index is -2.77. The number of aryl methyl sites for hydroxylation is 1. The monoisotopic (exact) mass is 390 g/mol. The lowest BCUT2D eigenvalue weighted by atomic mass is 9.53. The maximum atomic E-state index is 15.1. The van der Waals surface area contributed by atoms with Crippen LogP contribution in [0.15, 0.2) is 28.6 Å². The predicted molar refractivity (Wildman–Crippen MR) is 100 cm³/mol. The number of amides is 1. The van der Waals surface area contributed by atoms with Crippen LogP contribution in [-0.2, 0) is 11.2 Å². The van der Waals surface area contributed by atoms with Crippen molar-refractivity contribution in [3.63, 3.8) is 0 Å². The van der Waals surface area contributed by atoms with Crippen LogP contribution >= 0.6 is 0 Å². The van der Waals surface area contributed by atoms with E-state index in [1.165, 1.54) is 0 Å². The first-order chi connectivity index (χ1) is 13.3. The van der Waals surface area contributed by atoms with Gasteiger partial charge in [-0.3, -0.25) is 4.79 Å². The van der Waals surface area contributed by atoms with Gasteiger partial charge in [-0.2, -0.15) is 0 Å². The number of hydrogen-bond donors (Lipinski definition) is 0. The number of fused-ring (bicyclic) bond motifs is 5. The van der Waals surface area contributed by atoms with Gasteiger partial charge < -0.3 is 0 Å². The molecule has 2 saturated carbocycles. The molecule has 1 amide bonds. The Hall–Kier alpha value is -2.05. The molecule has 0 N–H and O–H groups in total. The van der Waals surface area contributed by atoms with Crippen molar-refractivity contribution in [1.29, 1.82) is 0 Å². The summed E-state index contributed by atoms with van der Waals surface area (Å²) >= 11 is 0. The molecule has 2 fully saturated rings. The second kappa shape index (κ2) is 6.78. The van der Waals surface area contributed by atoms with Crippen molar-refractivity contribution >= 4 is 11.6 Å².